The van der Waals surface area contributed by atoms with Crippen molar-refractivity contribution in [1.29, 1.82) is 0 Å². The molecule has 1 atom stereocenters. The number of nitrogens with zero attached hydrogens (tertiary/aromatic N) is 5. The zero-order valence-corrected chi connectivity index (χ0v) is 31.4. The summed E-state index contributed by atoms with van der Waals surface area (Å²) in [5.74, 6) is 0.172. The van der Waals surface area contributed by atoms with Gasteiger partial charge in [0.05, 0.1) is 58.3 Å². The normalized spacial score (nSPS) is 14.7. The molecule has 14 nitrogen and oxygen atoms in total. The number of piperidine rings is 1. The molecule has 0 unspecified atom stereocenters. The number of para-hydroxylation sites is 1. The van der Waals surface area contributed by atoms with Gasteiger partial charge in [-0.2, -0.15) is 0 Å². The molecular weight excluding hydrogens is 721 g/mol. The first kappa shape index (κ1) is 37.0. The minimum atomic E-state index is -0.477. The van der Waals surface area contributed by atoms with Gasteiger partial charge in [-0.15, -0.1) is 11.3 Å². The molecule has 0 saturated carbocycles. The SMILES string of the molecule is COc1cc2c(cc1OCCCC(=O)Nc1cn(C)c(C(=O)Nc3ccc(-c4cc(C)c(C(=O)Nc5ccccc5)s4)nc3)n1)N=C[C@@H]1CCCCN1C2=O. The smallest absolute Gasteiger partial charge is 0.291 e. The highest BCUT2D eigenvalue weighted by Crippen LogP contribution is 2.38. The molecule has 1 fully saturated rings. The van der Waals surface area contributed by atoms with Crippen LogP contribution in [0.1, 0.15) is 68.3 Å². The summed E-state index contributed by atoms with van der Waals surface area (Å²) < 4.78 is 13.0. The third kappa shape index (κ3) is 8.41. The van der Waals surface area contributed by atoms with E-state index in [0.29, 0.717) is 52.0 Å². The number of hydrogen-bond donors (Lipinski definition) is 3. The molecule has 0 radical (unpaired) electrons. The largest absolute Gasteiger partial charge is 0.493 e. The molecule has 3 aromatic heterocycles. The summed E-state index contributed by atoms with van der Waals surface area (Å²) in [4.78, 5) is 68.7. The highest BCUT2D eigenvalue weighted by molar-refractivity contribution is 7.17. The molecule has 2 aliphatic rings. The maximum Gasteiger partial charge on any atom is 0.291 e. The van der Waals surface area contributed by atoms with Crippen LogP contribution in [-0.4, -0.2) is 75.6 Å². The van der Waals surface area contributed by atoms with Crippen LogP contribution in [0.5, 0.6) is 11.5 Å². The first-order chi connectivity index (χ1) is 26.7. The number of hydrogen-bond acceptors (Lipinski definition) is 10. The van der Waals surface area contributed by atoms with E-state index in [0.717, 1.165) is 35.4 Å². The number of ether oxygens (including phenoxy) is 2. The Balaban J connectivity index is 0.900. The molecule has 55 heavy (non-hydrogen) atoms. The number of aryl methyl sites for hydroxylation is 2. The van der Waals surface area contributed by atoms with Gasteiger partial charge in [0.2, 0.25) is 11.7 Å². The minimum Gasteiger partial charge on any atom is -0.493 e. The number of thiophene rings is 1. The molecule has 0 bridgehead atoms. The molecule has 5 aromatic rings. The predicted octanol–water partition coefficient (Wildman–Crippen LogP) is 6.87. The number of amides is 4. The summed E-state index contributed by atoms with van der Waals surface area (Å²) in [5.41, 5.74) is 3.69. The zero-order chi connectivity index (χ0) is 38.5. The maximum atomic E-state index is 13.3. The van der Waals surface area contributed by atoms with Gasteiger partial charge < -0.3 is 34.9 Å². The predicted molar refractivity (Wildman–Crippen MR) is 211 cm³/mol. The number of carbonyl (C=O) groups is 4. The van der Waals surface area contributed by atoms with E-state index in [9.17, 15) is 19.2 Å². The molecule has 3 N–H and O–H groups in total. The maximum absolute atomic E-state index is 13.3. The number of nitrogens with one attached hydrogen (secondary N) is 3. The number of aliphatic imine (C=N–C) groups is 1. The number of aromatic nitrogens is 3. The first-order valence-corrected chi connectivity index (χ1v) is 18.8. The Morgan fingerprint density at radius 1 is 0.964 bits per heavy atom. The average Bonchev–Trinajstić information content (AvgIpc) is 3.73. The van der Waals surface area contributed by atoms with E-state index in [1.54, 1.807) is 37.5 Å². The van der Waals surface area contributed by atoms with Gasteiger partial charge in [0.25, 0.3) is 17.7 Å². The van der Waals surface area contributed by atoms with E-state index in [1.165, 1.54) is 29.2 Å². The standard InChI is InChI=1S/C40H40N8O6S/c1-24-18-33(55-36(24)38(50)43-25-10-5-4-6-11-25)29-15-14-26(21-41-29)44-39(51)37-46-34(23-47(37)2)45-35(49)13-9-17-54-32-20-30-28(19-31(32)53-3)40(52)48-16-8-7-12-27(48)22-42-30/h4-6,10-11,14-15,18-23,27H,7-9,12-13,16-17H2,1-3H3,(H,43,50)(H,44,51)(H,45,49)/t27-/m0/s1. The highest BCUT2D eigenvalue weighted by atomic mass is 32.1. The molecule has 0 aliphatic carbocycles. The number of rotatable bonds is 12. The summed E-state index contributed by atoms with van der Waals surface area (Å²) >= 11 is 1.34. The van der Waals surface area contributed by atoms with E-state index in [-0.39, 0.29) is 48.4 Å². The van der Waals surface area contributed by atoms with Gasteiger partial charge in [-0.25, -0.2) is 4.98 Å². The van der Waals surface area contributed by atoms with Gasteiger partial charge in [0.15, 0.2) is 17.3 Å². The van der Waals surface area contributed by atoms with Crippen molar-refractivity contribution >= 4 is 64.1 Å². The van der Waals surface area contributed by atoms with Gasteiger partial charge in [-0.1, -0.05) is 18.2 Å². The Bertz CT molecular complexity index is 2270. The lowest BCUT2D eigenvalue weighted by molar-refractivity contribution is -0.116. The fourth-order valence-corrected chi connectivity index (χ4v) is 7.53. The van der Waals surface area contributed by atoms with E-state index >= 15 is 0 Å². The third-order valence-corrected chi connectivity index (χ3v) is 10.5. The van der Waals surface area contributed by atoms with Crippen molar-refractivity contribution in [1.82, 2.24) is 19.4 Å². The van der Waals surface area contributed by atoms with Gasteiger partial charge in [-0.3, -0.25) is 29.2 Å². The molecule has 7 rings (SSSR count). The van der Waals surface area contributed by atoms with Crippen molar-refractivity contribution in [3.05, 3.63) is 94.9 Å². The van der Waals surface area contributed by atoms with Crippen molar-refractivity contribution in [2.45, 2.75) is 45.1 Å². The summed E-state index contributed by atoms with van der Waals surface area (Å²) in [6, 6.07) is 18.1. The number of imidazole rings is 1. The summed E-state index contributed by atoms with van der Waals surface area (Å²) in [5, 5.41) is 8.45. The van der Waals surface area contributed by atoms with Gasteiger partial charge in [0, 0.05) is 44.2 Å². The quantitative estimate of drug-likeness (QED) is 0.116. The van der Waals surface area contributed by atoms with Crippen LogP contribution < -0.4 is 25.4 Å². The van der Waals surface area contributed by atoms with Crippen molar-refractivity contribution in [2.75, 3.05) is 36.2 Å². The zero-order valence-electron chi connectivity index (χ0n) is 30.6. The highest BCUT2D eigenvalue weighted by Gasteiger charge is 2.31. The lowest BCUT2D eigenvalue weighted by Gasteiger charge is -2.32. The fraction of sp³-hybridized carbons (Fsp3) is 0.275. The van der Waals surface area contributed by atoms with E-state index in [1.807, 2.05) is 54.4 Å². The molecular formula is C40H40N8O6S. The van der Waals surface area contributed by atoms with Crippen LogP contribution in [0.2, 0.25) is 0 Å². The first-order valence-electron chi connectivity index (χ1n) is 17.9. The number of benzene rings is 2. The van der Waals surface area contributed by atoms with Crippen LogP contribution in [0, 0.1) is 6.92 Å². The van der Waals surface area contributed by atoms with Crippen molar-refractivity contribution in [3.63, 3.8) is 0 Å². The van der Waals surface area contributed by atoms with E-state index in [4.69, 9.17) is 9.47 Å². The van der Waals surface area contributed by atoms with Crippen molar-refractivity contribution in [2.24, 2.45) is 12.0 Å². The molecule has 0 spiro atoms. The van der Waals surface area contributed by atoms with Crippen LogP contribution in [0.3, 0.4) is 0 Å². The second kappa shape index (κ2) is 16.3. The Hall–Kier alpha value is -6.35. The van der Waals surface area contributed by atoms with Crippen LogP contribution >= 0.6 is 11.3 Å². The minimum absolute atomic E-state index is 0.0118. The molecule has 2 aliphatic heterocycles. The fourth-order valence-electron chi connectivity index (χ4n) is 6.49. The lowest BCUT2D eigenvalue weighted by Crippen LogP contribution is -2.43. The number of pyridine rings is 1. The summed E-state index contributed by atoms with van der Waals surface area (Å²) in [6.07, 6.45) is 8.39. The van der Waals surface area contributed by atoms with Crippen LogP contribution in [0.15, 0.2) is 78.0 Å². The Morgan fingerprint density at radius 2 is 1.78 bits per heavy atom. The molecule has 2 aromatic carbocycles. The number of fused-ring (bicyclic) bond motifs is 2. The summed E-state index contributed by atoms with van der Waals surface area (Å²) in [7, 11) is 3.18. The Morgan fingerprint density at radius 3 is 2.56 bits per heavy atom. The Kier molecular flexibility index (Phi) is 11.0. The van der Waals surface area contributed by atoms with Crippen LogP contribution in [0.4, 0.5) is 22.9 Å². The monoisotopic (exact) mass is 760 g/mol. The number of anilines is 3. The molecule has 4 amide bonds. The third-order valence-electron chi connectivity index (χ3n) is 9.29. The molecule has 282 valence electrons. The second-order valence-electron chi connectivity index (χ2n) is 13.3. The number of carbonyl (C=O) groups excluding carboxylic acids is 4. The van der Waals surface area contributed by atoms with Gasteiger partial charge in [-0.05, 0) is 74.6 Å². The van der Waals surface area contributed by atoms with Gasteiger partial charge in [0.1, 0.15) is 0 Å². The summed E-state index contributed by atoms with van der Waals surface area (Å²) in [6.45, 7) is 2.80. The molecule has 15 heteroatoms. The second-order valence-corrected chi connectivity index (χ2v) is 14.3. The molecule has 1 saturated heterocycles. The topological polar surface area (TPSA) is 169 Å². The van der Waals surface area contributed by atoms with Crippen molar-refractivity contribution in [3.8, 4) is 22.1 Å². The molecule has 5 heterocycles. The van der Waals surface area contributed by atoms with E-state index in [2.05, 4.69) is 30.9 Å². The van der Waals surface area contributed by atoms with Crippen LogP contribution in [0.25, 0.3) is 10.6 Å². The average molecular weight is 761 g/mol. The van der Waals surface area contributed by atoms with E-state index < -0.39 is 5.91 Å². The van der Waals surface area contributed by atoms with Crippen LogP contribution in [-0.2, 0) is 11.8 Å². The van der Waals surface area contributed by atoms with Crippen molar-refractivity contribution < 1.29 is 28.7 Å². The lowest BCUT2D eigenvalue weighted by atomic mass is 10.0. The Labute approximate surface area is 321 Å². The number of methoxy groups -OCH3 is 1. The van der Waals surface area contributed by atoms with Gasteiger partial charge >= 0.3 is 0 Å².